The van der Waals surface area contributed by atoms with Gasteiger partial charge in [-0.15, -0.1) is 0 Å². The topological polar surface area (TPSA) is 59.1 Å². The van der Waals surface area contributed by atoms with Crippen LogP contribution in [0.4, 0.5) is 27.5 Å². The van der Waals surface area contributed by atoms with Crippen LogP contribution in [0.25, 0.3) is 10.9 Å². The fourth-order valence-corrected chi connectivity index (χ4v) is 6.57. The molecule has 2 saturated heterocycles. The van der Waals surface area contributed by atoms with Crippen molar-refractivity contribution in [1.29, 1.82) is 0 Å². The maximum atomic E-state index is 16.9. The van der Waals surface area contributed by atoms with Gasteiger partial charge in [0.15, 0.2) is 5.82 Å². The van der Waals surface area contributed by atoms with Crippen molar-refractivity contribution >= 4 is 40.0 Å². The number of amides is 1. The normalized spacial score (nSPS) is 21.3. The van der Waals surface area contributed by atoms with E-state index >= 15 is 4.39 Å². The summed E-state index contributed by atoms with van der Waals surface area (Å²) in [5, 5.41) is 0.713. The van der Waals surface area contributed by atoms with E-state index in [4.69, 9.17) is 9.97 Å². The van der Waals surface area contributed by atoms with Crippen LogP contribution in [-0.2, 0) is 11.2 Å². The van der Waals surface area contributed by atoms with Crippen LogP contribution >= 0.6 is 0 Å². The minimum Gasteiger partial charge on any atom is -0.349 e. The van der Waals surface area contributed by atoms with E-state index in [1.807, 2.05) is 24.8 Å². The Balaban J connectivity index is 1.48. The number of likely N-dealkylation sites (N-methyl/N-ethyl adjacent to an activating group) is 1. The number of fused-ring (bicyclic) bond motifs is 2. The van der Waals surface area contributed by atoms with Gasteiger partial charge in [-0.25, -0.2) is 9.37 Å². The van der Waals surface area contributed by atoms with Gasteiger partial charge < -0.3 is 24.5 Å². The molecule has 0 radical (unpaired) electrons. The SMILES string of the molecule is C=CC(=O)N1C[C@H](C)N(c2nc(N3CC(N(C)C)C3)nc3c(F)c(N4CCCc5ccccc54)c(C)cc23)C[C@H]1C. The molecule has 2 fully saturated rings. The average molecular weight is 558 g/mol. The maximum absolute atomic E-state index is 16.9. The van der Waals surface area contributed by atoms with E-state index in [-0.39, 0.29) is 23.8 Å². The molecule has 3 aliphatic heterocycles. The smallest absolute Gasteiger partial charge is 0.246 e. The van der Waals surface area contributed by atoms with Gasteiger partial charge in [0, 0.05) is 61.9 Å². The number of anilines is 4. The number of piperazine rings is 1. The summed E-state index contributed by atoms with van der Waals surface area (Å²) in [6, 6.07) is 10.7. The van der Waals surface area contributed by atoms with E-state index in [0.29, 0.717) is 41.7 Å². The van der Waals surface area contributed by atoms with Crippen LogP contribution in [0, 0.1) is 12.7 Å². The molecule has 0 aliphatic carbocycles. The summed E-state index contributed by atoms with van der Waals surface area (Å²) in [6.45, 7) is 13.3. The summed E-state index contributed by atoms with van der Waals surface area (Å²) in [7, 11) is 4.15. The molecule has 0 N–H and O–H groups in total. The molecule has 6 rings (SSSR count). The van der Waals surface area contributed by atoms with Crippen LogP contribution in [0.3, 0.4) is 0 Å². The van der Waals surface area contributed by atoms with E-state index < -0.39 is 0 Å². The molecule has 3 aliphatic rings. The van der Waals surface area contributed by atoms with Gasteiger partial charge in [-0.05, 0) is 77.0 Å². The van der Waals surface area contributed by atoms with Crippen LogP contribution < -0.4 is 14.7 Å². The van der Waals surface area contributed by atoms with Crippen LogP contribution in [-0.4, -0.2) is 90.6 Å². The summed E-state index contributed by atoms with van der Waals surface area (Å²) in [4.78, 5) is 33.0. The number of para-hydroxylation sites is 1. The molecule has 9 heteroatoms. The van der Waals surface area contributed by atoms with Gasteiger partial charge in [0.05, 0.1) is 5.69 Å². The summed E-state index contributed by atoms with van der Waals surface area (Å²) < 4.78 is 16.9. The zero-order valence-corrected chi connectivity index (χ0v) is 24.8. The third-order valence-corrected chi connectivity index (χ3v) is 9.04. The molecular weight excluding hydrogens is 517 g/mol. The zero-order chi connectivity index (χ0) is 29.0. The van der Waals surface area contributed by atoms with Crippen LogP contribution in [0.5, 0.6) is 0 Å². The molecule has 8 nitrogen and oxygen atoms in total. The lowest BCUT2D eigenvalue weighted by Gasteiger charge is -2.46. The van der Waals surface area contributed by atoms with Crippen molar-refractivity contribution in [3.05, 3.63) is 59.9 Å². The minimum absolute atomic E-state index is 0.0102. The number of hydrogen-bond donors (Lipinski definition) is 0. The maximum Gasteiger partial charge on any atom is 0.246 e. The molecule has 4 heterocycles. The molecule has 1 amide bonds. The largest absolute Gasteiger partial charge is 0.349 e. The molecule has 0 unspecified atom stereocenters. The lowest BCUT2D eigenvalue weighted by atomic mass is 9.99. The quantitative estimate of drug-likeness (QED) is 0.428. The van der Waals surface area contributed by atoms with Crippen molar-refractivity contribution in [3.63, 3.8) is 0 Å². The van der Waals surface area contributed by atoms with Gasteiger partial charge in [0.25, 0.3) is 0 Å². The Morgan fingerprint density at radius 2 is 1.85 bits per heavy atom. The number of halogens is 1. The molecule has 0 spiro atoms. The average Bonchev–Trinajstić information content (AvgIpc) is 2.93. The second kappa shape index (κ2) is 10.6. The fraction of sp³-hybridized carbons (Fsp3) is 0.469. The minimum atomic E-state index is -0.299. The number of aryl methyl sites for hydroxylation is 2. The Hall–Kier alpha value is -3.72. The highest BCUT2D eigenvalue weighted by atomic mass is 19.1. The highest BCUT2D eigenvalue weighted by molar-refractivity contribution is 5.96. The zero-order valence-electron chi connectivity index (χ0n) is 24.8. The molecule has 0 saturated carbocycles. The van der Waals surface area contributed by atoms with Crippen molar-refractivity contribution in [2.75, 3.05) is 61.5 Å². The number of aromatic nitrogens is 2. The third kappa shape index (κ3) is 4.70. The van der Waals surface area contributed by atoms with Crippen molar-refractivity contribution < 1.29 is 9.18 Å². The number of carbonyl (C=O) groups excluding carboxylic acids is 1. The second-order valence-electron chi connectivity index (χ2n) is 12.1. The number of hydrogen-bond acceptors (Lipinski definition) is 7. The Morgan fingerprint density at radius 1 is 1.10 bits per heavy atom. The van der Waals surface area contributed by atoms with E-state index in [1.54, 1.807) is 0 Å². The summed E-state index contributed by atoms with van der Waals surface area (Å²) in [5.74, 6) is 0.923. The highest BCUT2D eigenvalue weighted by Crippen LogP contribution is 2.42. The van der Waals surface area contributed by atoms with Gasteiger partial charge in [0.2, 0.25) is 11.9 Å². The van der Waals surface area contributed by atoms with Gasteiger partial charge in [-0.3, -0.25) is 4.79 Å². The molecule has 2 aromatic carbocycles. The Labute approximate surface area is 242 Å². The van der Waals surface area contributed by atoms with E-state index in [2.05, 4.69) is 71.5 Å². The molecule has 41 heavy (non-hydrogen) atoms. The van der Waals surface area contributed by atoms with Crippen LogP contribution in [0.1, 0.15) is 31.4 Å². The predicted molar refractivity (Wildman–Crippen MR) is 164 cm³/mol. The summed E-state index contributed by atoms with van der Waals surface area (Å²) >= 11 is 0. The van der Waals surface area contributed by atoms with Gasteiger partial charge >= 0.3 is 0 Å². The van der Waals surface area contributed by atoms with Crippen LogP contribution in [0.2, 0.25) is 0 Å². The molecule has 1 aromatic heterocycles. The first-order valence-corrected chi connectivity index (χ1v) is 14.6. The predicted octanol–water partition coefficient (Wildman–Crippen LogP) is 4.52. The molecular formula is C32H40FN7O. The monoisotopic (exact) mass is 557 g/mol. The number of carbonyl (C=O) groups is 1. The summed E-state index contributed by atoms with van der Waals surface area (Å²) in [6.07, 6.45) is 3.34. The van der Waals surface area contributed by atoms with E-state index in [1.165, 1.54) is 11.6 Å². The lowest BCUT2D eigenvalue weighted by molar-refractivity contribution is -0.128. The number of rotatable bonds is 5. The van der Waals surface area contributed by atoms with Crippen molar-refractivity contribution in [2.24, 2.45) is 0 Å². The van der Waals surface area contributed by atoms with E-state index in [0.717, 1.165) is 49.5 Å². The van der Waals surface area contributed by atoms with Gasteiger partial charge in [0.1, 0.15) is 11.3 Å². The second-order valence-corrected chi connectivity index (χ2v) is 12.1. The number of nitrogens with zero attached hydrogens (tertiary/aromatic N) is 7. The van der Waals surface area contributed by atoms with E-state index in [9.17, 15) is 4.79 Å². The molecule has 216 valence electrons. The first kappa shape index (κ1) is 27.4. The van der Waals surface area contributed by atoms with Gasteiger partial charge in [-0.2, -0.15) is 4.98 Å². The molecule has 0 bridgehead atoms. The lowest BCUT2D eigenvalue weighted by Crippen LogP contribution is -2.59. The summed E-state index contributed by atoms with van der Waals surface area (Å²) in [5.41, 5.74) is 4.12. The standard InChI is InChI=1S/C32H40FN7O/c1-7-27(41)39-16-22(4)40(17-21(39)3)31-25-15-20(2)30(38-14-10-12-23-11-8-9-13-26(23)38)28(33)29(25)34-32(35-31)37-18-24(19-37)36(5)6/h7-9,11,13,15,21-22,24H,1,10,12,14,16-19H2,2-6H3/t21-,22+/m1/s1. The first-order chi connectivity index (χ1) is 19.7. The van der Waals surface area contributed by atoms with Crippen molar-refractivity contribution in [2.45, 2.75) is 51.7 Å². The Bertz CT molecular complexity index is 1500. The Morgan fingerprint density at radius 3 is 2.59 bits per heavy atom. The highest BCUT2D eigenvalue weighted by Gasteiger charge is 2.36. The first-order valence-electron chi connectivity index (χ1n) is 14.6. The fourth-order valence-electron chi connectivity index (χ4n) is 6.57. The third-order valence-electron chi connectivity index (χ3n) is 9.04. The van der Waals surface area contributed by atoms with Crippen molar-refractivity contribution in [3.8, 4) is 0 Å². The van der Waals surface area contributed by atoms with Crippen molar-refractivity contribution in [1.82, 2.24) is 19.8 Å². The Kier molecular flexibility index (Phi) is 7.09. The molecule has 3 aromatic rings. The van der Waals surface area contributed by atoms with Crippen LogP contribution in [0.15, 0.2) is 43.0 Å². The van der Waals surface area contributed by atoms with Gasteiger partial charge in [-0.1, -0.05) is 24.8 Å². The number of benzene rings is 2. The molecule has 2 atom stereocenters.